The number of nitrogens with zero attached hydrogens (tertiary/aromatic N) is 4. The number of rotatable bonds is 5. The molecule has 0 bridgehead atoms. The average Bonchev–Trinajstić information content (AvgIpc) is 2.80. The van der Waals surface area contributed by atoms with Gasteiger partial charge in [-0.3, -0.25) is 10.1 Å². The lowest BCUT2D eigenvalue weighted by Crippen LogP contribution is -2.24. The Morgan fingerprint density at radius 1 is 1.29 bits per heavy atom. The molecule has 8 heteroatoms. The van der Waals surface area contributed by atoms with E-state index in [1.165, 1.54) is 23.1 Å². The number of anilines is 1. The van der Waals surface area contributed by atoms with Crippen molar-refractivity contribution in [1.82, 2.24) is 20.2 Å². The second kappa shape index (κ2) is 6.95. The first-order valence-corrected chi connectivity index (χ1v) is 8.27. The molecule has 0 aliphatic heterocycles. The van der Waals surface area contributed by atoms with Crippen LogP contribution in [0.1, 0.15) is 29.7 Å². The maximum atomic E-state index is 12.3. The lowest BCUT2D eigenvalue weighted by atomic mass is 10.3. The van der Waals surface area contributed by atoms with Gasteiger partial charge in [-0.25, -0.2) is 9.97 Å². The molecule has 0 spiro atoms. The minimum atomic E-state index is -0.254. The Bertz CT molecular complexity index is 623. The van der Waals surface area contributed by atoms with Gasteiger partial charge in [-0.15, -0.1) is 10.2 Å². The highest BCUT2D eigenvalue weighted by Gasteiger charge is 2.21. The van der Waals surface area contributed by atoms with E-state index in [0.29, 0.717) is 16.7 Å². The molecular formula is C13H17N5OS2. The van der Waals surface area contributed by atoms with Crippen molar-refractivity contribution in [3.63, 3.8) is 0 Å². The van der Waals surface area contributed by atoms with Gasteiger partial charge in [-0.1, -0.05) is 30.0 Å². The molecule has 0 fully saturated rings. The van der Waals surface area contributed by atoms with Crippen LogP contribution in [0.2, 0.25) is 0 Å². The Balaban J connectivity index is 2.06. The van der Waals surface area contributed by atoms with E-state index >= 15 is 0 Å². The number of hydrogen-bond donors (Lipinski definition) is 1. The summed E-state index contributed by atoms with van der Waals surface area (Å²) < 4.78 is 0. The van der Waals surface area contributed by atoms with Gasteiger partial charge in [-0.2, -0.15) is 0 Å². The highest BCUT2D eigenvalue weighted by atomic mass is 32.2. The predicted molar refractivity (Wildman–Crippen MR) is 84.7 cm³/mol. The highest BCUT2D eigenvalue weighted by Crippen LogP contribution is 2.24. The second-order valence-corrected chi connectivity index (χ2v) is 6.92. The van der Waals surface area contributed by atoms with Crippen LogP contribution < -0.4 is 5.32 Å². The molecule has 0 aliphatic carbocycles. The number of amides is 1. The van der Waals surface area contributed by atoms with Crippen molar-refractivity contribution >= 4 is 34.1 Å². The normalized spacial score (nSPS) is 12.2. The van der Waals surface area contributed by atoms with E-state index in [-0.39, 0.29) is 11.2 Å². The van der Waals surface area contributed by atoms with Crippen molar-refractivity contribution in [2.45, 2.75) is 44.5 Å². The van der Waals surface area contributed by atoms with Crippen LogP contribution in [0.15, 0.2) is 11.2 Å². The van der Waals surface area contributed by atoms with E-state index in [4.69, 9.17) is 0 Å². The maximum Gasteiger partial charge on any atom is 0.239 e. The zero-order valence-electron chi connectivity index (χ0n) is 12.4. The number of thioether (sulfide) groups is 1. The van der Waals surface area contributed by atoms with E-state index in [0.717, 1.165) is 16.4 Å². The van der Waals surface area contributed by atoms with Crippen LogP contribution in [0.3, 0.4) is 0 Å². The van der Waals surface area contributed by atoms with Gasteiger partial charge in [0.05, 0.1) is 5.25 Å². The Hall–Kier alpha value is -1.54. The van der Waals surface area contributed by atoms with E-state index in [1.807, 2.05) is 33.8 Å². The fourth-order valence-corrected chi connectivity index (χ4v) is 3.30. The largest absolute Gasteiger partial charge is 0.300 e. The molecule has 2 heterocycles. The Morgan fingerprint density at radius 2 is 1.95 bits per heavy atom. The molecule has 1 amide bonds. The molecule has 112 valence electrons. The first-order valence-electron chi connectivity index (χ1n) is 6.58. The molecule has 0 aromatic carbocycles. The summed E-state index contributed by atoms with van der Waals surface area (Å²) in [6, 6.07) is 1.91. The number of carbonyl (C=O) groups is 1. The van der Waals surface area contributed by atoms with Crippen molar-refractivity contribution in [3.05, 3.63) is 22.5 Å². The monoisotopic (exact) mass is 323 g/mol. The first kappa shape index (κ1) is 15.8. The summed E-state index contributed by atoms with van der Waals surface area (Å²) in [6.07, 6.45) is 0.685. The molecule has 2 aromatic heterocycles. The van der Waals surface area contributed by atoms with Gasteiger partial charge in [0.2, 0.25) is 11.0 Å². The molecule has 2 aromatic rings. The molecule has 2 rings (SSSR count). The minimum absolute atomic E-state index is 0.0959. The fourth-order valence-electron chi connectivity index (χ4n) is 1.73. The second-order valence-electron chi connectivity index (χ2n) is 4.56. The number of aromatic nitrogens is 4. The van der Waals surface area contributed by atoms with Gasteiger partial charge in [0.25, 0.3) is 0 Å². The van der Waals surface area contributed by atoms with Crippen LogP contribution in [0.4, 0.5) is 5.13 Å². The minimum Gasteiger partial charge on any atom is -0.300 e. The van der Waals surface area contributed by atoms with Crippen LogP contribution in [0.5, 0.6) is 0 Å². The summed E-state index contributed by atoms with van der Waals surface area (Å²) in [5.41, 5.74) is 1.81. The number of carbonyl (C=O) groups excluding carboxylic acids is 1. The zero-order chi connectivity index (χ0) is 15.4. The highest BCUT2D eigenvalue weighted by molar-refractivity contribution is 8.00. The van der Waals surface area contributed by atoms with Crippen LogP contribution in [0.25, 0.3) is 0 Å². The maximum absolute atomic E-state index is 12.3. The van der Waals surface area contributed by atoms with Crippen LogP contribution >= 0.6 is 23.1 Å². The molecule has 0 radical (unpaired) electrons. The number of aryl methyl sites for hydroxylation is 3. The Labute approximate surface area is 131 Å². The quantitative estimate of drug-likeness (QED) is 0.673. The summed E-state index contributed by atoms with van der Waals surface area (Å²) in [6.45, 7) is 7.65. The Kier molecular flexibility index (Phi) is 5.24. The Morgan fingerprint density at radius 3 is 2.48 bits per heavy atom. The third-order valence-electron chi connectivity index (χ3n) is 2.63. The topological polar surface area (TPSA) is 80.7 Å². The molecule has 0 saturated carbocycles. The van der Waals surface area contributed by atoms with Crippen LogP contribution in [0, 0.1) is 20.8 Å². The van der Waals surface area contributed by atoms with Gasteiger partial charge >= 0.3 is 0 Å². The predicted octanol–water partition coefficient (Wildman–Crippen LogP) is 2.76. The summed E-state index contributed by atoms with van der Waals surface area (Å²) >= 11 is 2.73. The van der Waals surface area contributed by atoms with Gasteiger partial charge in [0, 0.05) is 11.4 Å². The molecule has 0 aliphatic rings. The molecule has 0 saturated heterocycles. The van der Waals surface area contributed by atoms with Crippen molar-refractivity contribution < 1.29 is 4.79 Å². The van der Waals surface area contributed by atoms with Gasteiger partial charge in [-0.05, 0) is 33.3 Å². The van der Waals surface area contributed by atoms with E-state index < -0.39 is 0 Å². The van der Waals surface area contributed by atoms with Gasteiger partial charge in [0.15, 0.2) is 5.16 Å². The van der Waals surface area contributed by atoms with E-state index in [2.05, 4.69) is 25.5 Å². The van der Waals surface area contributed by atoms with E-state index in [1.54, 1.807) is 0 Å². The van der Waals surface area contributed by atoms with Gasteiger partial charge < -0.3 is 0 Å². The average molecular weight is 323 g/mol. The standard InChI is InChI=1S/C13H17N5OS2/c1-5-10(11(19)16-13-18-17-9(4)20-13)21-12-14-7(2)6-8(3)15-12/h6,10H,5H2,1-4H3,(H,16,18,19)/t10-/m1/s1. The van der Waals surface area contributed by atoms with Crippen molar-refractivity contribution in [2.75, 3.05) is 5.32 Å². The molecule has 0 unspecified atom stereocenters. The summed E-state index contributed by atoms with van der Waals surface area (Å²) in [7, 11) is 0. The smallest absolute Gasteiger partial charge is 0.239 e. The summed E-state index contributed by atoms with van der Waals surface area (Å²) in [4.78, 5) is 21.0. The van der Waals surface area contributed by atoms with Crippen LogP contribution in [-0.4, -0.2) is 31.3 Å². The fraction of sp³-hybridized carbons (Fsp3) is 0.462. The first-order chi connectivity index (χ1) is 9.97. The van der Waals surface area contributed by atoms with Gasteiger partial charge in [0.1, 0.15) is 5.01 Å². The number of nitrogens with one attached hydrogen (secondary N) is 1. The summed E-state index contributed by atoms with van der Waals surface area (Å²) in [5.74, 6) is -0.0959. The molecular weight excluding hydrogens is 306 g/mol. The van der Waals surface area contributed by atoms with Crippen molar-refractivity contribution in [2.24, 2.45) is 0 Å². The van der Waals surface area contributed by atoms with Crippen molar-refractivity contribution in [1.29, 1.82) is 0 Å². The SMILES string of the molecule is CC[C@@H](Sc1nc(C)cc(C)n1)C(=O)Nc1nnc(C)s1. The number of hydrogen-bond acceptors (Lipinski definition) is 7. The van der Waals surface area contributed by atoms with Crippen LogP contribution in [-0.2, 0) is 4.79 Å². The lowest BCUT2D eigenvalue weighted by Gasteiger charge is -2.12. The summed E-state index contributed by atoms with van der Waals surface area (Å²) in [5, 5.41) is 12.3. The van der Waals surface area contributed by atoms with E-state index in [9.17, 15) is 4.79 Å². The molecule has 21 heavy (non-hydrogen) atoms. The molecule has 1 atom stereocenters. The molecule has 1 N–H and O–H groups in total. The van der Waals surface area contributed by atoms with Crippen molar-refractivity contribution in [3.8, 4) is 0 Å². The molecule has 6 nitrogen and oxygen atoms in total. The third-order valence-corrected chi connectivity index (χ3v) is 4.61. The third kappa shape index (κ3) is 4.47. The zero-order valence-corrected chi connectivity index (χ0v) is 14.0. The lowest BCUT2D eigenvalue weighted by molar-refractivity contribution is -0.115.